The van der Waals surface area contributed by atoms with Crippen molar-refractivity contribution in [1.82, 2.24) is 4.31 Å². The summed E-state index contributed by atoms with van der Waals surface area (Å²) in [5, 5.41) is 2.68. The summed E-state index contributed by atoms with van der Waals surface area (Å²) in [5.41, 5.74) is 1.43. The van der Waals surface area contributed by atoms with Crippen LogP contribution in [0.15, 0.2) is 23.1 Å². The van der Waals surface area contributed by atoms with Gasteiger partial charge >= 0.3 is 0 Å². The van der Waals surface area contributed by atoms with Crippen LogP contribution in [0.2, 0.25) is 0 Å². The molecule has 0 spiro atoms. The van der Waals surface area contributed by atoms with E-state index in [2.05, 4.69) is 5.32 Å². The number of carbonyl (C=O) groups excluding carboxylic acids is 1. The zero-order valence-corrected chi connectivity index (χ0v) is 11.4. The third-order valence-corrected chi connectivity index (χ3v) is 5.14. The predicted octanol–water partition coefficient (Wildman–Crippen LogP) is 1.21. The lowest BCUT2D eigenvalue weighted by molar-refractivity contribution is -0.115. The fourth-order valence-electron chi connectivity index (χ4n) is 1.81. The predicted molar refractivity (Wildman–Crippen MR) is 68.9 cm³/mol. The van der Waals surface area contributed by atoms with E-state index in [4.69, 9.17) is 0 Å². The Morgan fingerprint density at radius 2 is 2.00 bits per heavy atom. The molecule has 18 heavy (non-hydrogen) atoms. The molecule has 0 fully saturated rings. The van der Waals surface area contributed by atoms with Crippen molar-refractivity contribution in [3.05, 3.63) is 23.8 Å². The Bertz CT molecular complexity index is 593. The molecule has 0 saturated heterocycles. The number of amides is 1. The van der Waals surface area contributed by atoms with Gasteiger partial charge in [-0.15, -0.1) is 0 Å². The standard InChI is InChI=1S/C12H16N2O3S/c1-8(2)14(3)18(16,17)10-4-5-11-9(6-10)7-12(15)13-11/h4-6,8H,7H2,1-3H3,(H,13,15). The smallest absolute Gasteiger partial charge is 0.243 e. The first kappa shape index (κ1) is 13.0. The van der Waals surface area contributed by atoms with E-state index in [1.807, 2.05) is 13.8 Å². The average Bonchev–Trinajstić information content (AvgIpc) is 2.66. The lowest BCUT2D eigenvalue weighted by Crippen LogP contribution is -2.33. The number of anilines is 1. The van der Waals surface area contributed by atoms with E-state index in [9.17, 15) is 13.2 Å². The third-order valence-electron chi connectivity index (χ3n) is 3.11. The summed E-state index contributed by atoms with van der Waals surface area (Å²) in [4.78, 5) is 11.5. The summed E-state index contributed by atoms with van der Waals surface area (Å²) >= 11 is 0. The Morgan fingerprint density at radius 1 is 1.33 bits per heavy atom. The third kappa shape index (κ3) is 2.13. The molecule has 0 unspecified atom stereocenters. The van der Waals surface area contributed by atoms with Crippen molar-refractivity contribution in [3.8, 4) is 0 Å². The van der Waals surface area contributed by atoms with Crippen LogP contribution in [0.25, 0.3) is 0 Å². The molecule has 0 aromatic heterocycles. The van der Waals surface area contributed by atoms with Crippen molar-refractivity contribution in [2.75, 3.05) is 12.4 Å². The van der Waals surface area contributed by atoms with Crippen LogP contribution in [-0.4, -0.2) is 31.7 Å². The highest BCUT2D eigenvalue weighted by Gasteiger charge is 2.26. The van der Waals surface area contributed by atoms with Gasteiger partial charge in [-0.05, 0) is 37.6 Å². The molecule has 0 aliphatic carbocycles. The van der Waals surface area contributed by atoms with E-state index in [1.165, 1.54) is 10.4 Å². The first-order chi connectivity index (χ1) is 8.32. The SMILES string of the molecule is CC(C)N(C)S(=O)(=O)c1ccc2c(c1)CC(=O)N2. The summed E-state index contributed by atoms with van der Waals surface area (Å²) < 4.78 is 25.9. The van der Waals surface area contributed by atoms with E-state index in [1.54, 1.807) is 19.2 Å². The summed E-state index contributed by atoms with van der Waals surface area (Å²) in [5.74, 6) is -0.100. The van der Waals surface area contributed by atoms with Crippen LogP contribution in [0.5, 0.6) is 0 Å². The summed E-state index contributed by atoms with van der Waals surface area (Å²) in [6, 6.07) is 4.63. The quantitative estimate of drug-likeness (QED) is 0.896. The van der Waals surface area contributed by atoms with Gasteiger partial charge in [0.15, 0.2) is 0 Å². The van der Waals surface area contributed by atoms with Crippen LogP contribution in [-0.2, 0) is 21.2 Å². The number of hydrogen-bond donors (Lipinski definition) is 1. The minimum atomic E-state index is -3.48. The minimum Gasteiger partial charge on any atom is -0.326 e. The molecule has 98 valence electrons. The van der Waals surface area contributed by atoms with Crippen LogP contribution in [0, 0.1) is 0 Å². The van der Waals surface area contributed by atoms with Crippen molar-refractivity contribution in [1.29, 1.82) is 0 Å². The van der Waals surface area contributed by atoms with E-state index >= 15 is 0 Å². The highest BCUT2D eigenvalue weighted by molar-refractivity contribution is 7.89. The number of rotatable bonds is 3. The van der Waals surface area contributed by atoms with Gasteiger partial charge in [-0.25, -0.2) is 8.42 Å². The van der Waals surface area contributed by atoms with E-state index in [-0.39, 0.29) is 23.3 Å². The number of nitrogens with zero attached hydrogens (tertiary/aromatic N) is 1. The van der Waals surface area contributed by atoms with Gasteiger partial charge in [0, 0.05) is 18.8 Å². The summed E-state index contributed by atoms with van der Waals surface area (Å²) in [6.45, 7) is 3.63. The molecule has 1 heterocycles. The molecular formula is C12H16N2O3S. The van der Waals surface area contributed by atoms with Crippen molar-refractivity contribution < 1.29 is 13.2 Å². The van der Waals surface area contributed by atoms with Crippen LogP contribution >= 0.6 is 0 Å². The van der Waals surface area contributed by atoms with Crippen molar-refractivity contribution in [3.63, 3.8) is 0 Å². The Balaban J connectivity index is 2.42. The first-order valence-corrected chi connectivity index (χ1v) is 7.17. The molecule has 1 aromatic carbocycles. The molecule has 2 rings (SSSR count). The highest BCUT2D eigenvalue weighted by Crippen LogP contribution is 2.27. The topological polar surface area (TPSA) is 66.5 Å². The van der Waals surface area contributed by atoms with Crippen molar-refractivity contribution in [2.24, 2.45) is 0 Å². The van der Waals surface area contributed by atoms with Gasteiger partial charge in [0.25, 0.3) is 0 Å². The van der Waals surface area contributed by atoms with Gasteiger partial charge in [-0.3, -0.25) is 4.79 Å². The van der Waals surface area contributed by atoms with Crippen molar-refractivity contribution >= 4 is 21.6 Å². The summed E-state index contributed by atoms with van der Waals surface area (Å²) in [7, 11) is -1.93. The Hall–Kier alpha value is -1.40. The van der Waals surface area contributed by atoms with Gasteiger partial charge in [0.2, 0.25) is 15.9 Å². The van der Waals surface area contributed by atoms with E-state index in [0.29, 0.717) is 5.69 Å². The number of carbonyl (C=O) groups is 1. The molecule has 1 N–H and O–H groups in total. The van der Waals surface area contributed by atoms with E-state index in [0.717, 1.165) is 5.56 Å². The minimum absolute atomic E-state index is 0.100. The molecule has 1 amide bonds. The molecule has 0 bridgehead atoms. The molecule has 1 aliphatic rings. The molecule has 5 nitrogen and oxygen atoms in total. The number of hydrogen-bond acceptors (Lipinski definition) is 3. The molecule has 1 aliphatic heterocycles. The maximum Gasteiger partial charge on any atom is 0.243 e. The number of nitrogens with one attached hydrogen (secondary N) is 1. The normalized spacial score (nSPS) is 15.1. The van der Waals surface area contributed by atoms with Crippen LogP contribution in [0.3, 0.4) is 0 Å². The van der Waals surface area contributed by atoms with Gasteiger partial charge in [-0.1, -0.05) is 0 Å². The van der Waals surface area contributed by atoms with Crippen LogP contribution in [0.4, 0.5) is 5.69 Å². The molecule has 0 atom stereocenters. The molecular weight excluding hydrogens is 252 g/mol. The Kier molecular flexibility index (Phi) is 3.16. The van der Waals surface area contributed by atoms with E-state index < -0.39 is 10.0 Å². The zero-order chi connectivity index (χ0) is 13.5. The molecule has 6 heteroatoms. The Labute approximate surface area is 107 Å². The molecule has 0 saturated carbocycles. The van der Waals surface area contributed by atoms with Crippen molar-refractivity contribution in [2.45, 2.75) is 31.2 Å². The van der Waals surface area contributed by atoms with Crippen LogP contribution < -0.4 is 5.32 Å². The van der Waals surface area contributed by atoms with Gasteiger partial charge in [0.1, 0.15) is 0 Å². The fraction of sp³-hybridized carbons (Fsp3) is 0.417. The van der Waals surface area contributed by atoms with Crippen LogP contribution in [0.1, 0.15) is 19.4 Å². The number of sulfonamides is 1. The second kappa shape index (κ2) is 4.37. The van der Waals surface area contributed by atoms with Gasteiger partial charge in [-0.2, -0.15) is 4.31 Å². The monoisotopic (exact) mass is 268 g/mol. The zero-order valence-electron chi connectivity index (χ0n) is 10.6. The summed E-state index contributed by atoms with van der Waals surface area (Å²) in [6.07, 6.45) is 0.240. The number of fused-ring (bicyclic) bond motifs is 1. The first-order valence-electron chi connectivity index (χ1n) is 5.73. The maximum absolute atomic E-state index is 12.3. The molecule has 0 radical (unpaired) electrons. The van der Waals surface area contributed by atoms with Gasteiger partial charge in [0.05, 0.1) is 11.3 Å². The largest absolute Gasteiger partial charge is 0.326 e. The molecule has 1 aromatic rings. The fourth-order valence-corrected chi connectivity index (χ4v) is 3.23. The average molecular weight is 268 g/mol. The lowest BCUT2D eigenvalue weighted by atomic mass is 10.2. The Morgan fingerprint density at radius 3 is 2.61 bits per heavy atom. The van der Waals surface area contributed by atoms with Gasteiger partial charge < -0.3 is 5.32 Å². The number of benzene rings is 1. The lowest BCUT2D eigenvalue weighted by Gasteiger charge is -2.21. The second-order valence-electron chi connectivity index (χ2n) is 4.66. The highest BCUT2D eigenvalue weighted by atomic mass is 32.2. The maximum atomic E-state index is 12.3. The second-order valence-corrected chi connectivity index (χ2v) is 6.66.